The Hall–Kier alpha value is -8.08. The Labute approximate surface area is 376 Å². The number of aromatic nitrogens is 6. The number of ether oxygens (including phenoxy) is 3. The van der Waals surface area contributed by atoms with Gasteiger partial charge in [-0.3, -0.25) is 34.6 Å². The van der Waals surface area contributed by atoms with Crippen molar-refractivity contribution in [1.82, 2.24) is 34.4 Å². The number of nitrogens with zero attached hydrogens (tertiary/aromatic N) is 6. The van der Waals surface area contributed by atoms with Gasteiger partial charge >= 0.3 is 5.97 Å². The van der Waals surface area contributed by atoms with E-state index in [2.05, 4.69) is 35.9 Å². The summed E-state index contributed by atoms with van der Waals surface area (Å²) in [6.07, 6.45) is 4.55. The second-order valence-electron chi connectivity index (χ2n) is 14.7. The van der Waals surface area contributed by atoms with E-state index in [9.17, 15) is 28.8 Å². The third-order valence-electron chi connectivity index (χ3n) is 9.99. The Morgan fingerprint density at radius 3 is 1.68 bits per heavy atom. The molecule has 23 nitrogen and oxygen atoms in total. The summed E-state index contributed by atoms with van der Waals surface area (Å²) in [6.45, 7) is 8.12. The van der Waals surface area contributed by atoms with E-state index in [1.54, 1.807) is 35.1 Å². The summed E-state index contributed by atoms with van der Waals surface area (Å²) in [7, 11) is 1.42. The van der Waals surface area contributed by atoms with Gasteiger partial charge in [0, 0.05) is 44.5 Å². The van der Waals surface area contributed by atoms with Crippen LogP contribution < -0.4 is 42.6 Å². The van der Waals surface area contributed by atoms with Crippen molar-refractivity contribution in [2.24, 2.45) is 17.2 Å². The molecule has 0 aliphatic rings. The van der Waals surface area contributed by atoms with E-state index in [0.717, 1.165) is 0 Å². The molecule has 0 bridgehead atoms. The lowest BCUT2D eigenvalue weighted by molar-refractivity contribution is -0.147. The third kappa shape index (κ3) is 10.5. The zero-order valence-electron chi connectivity index (χ0n) is 37.1. The summed E-state index contributed by atoms with van der Waals surface area (Å²) in [5.41, 5.74) is 19.0. The summed E-state index contributed by atoms with van der Waals surface area (Å²) in [5, 5.41) is 8.04. The van der Waals surface area contributed by atoms with Crippen molar-refractivity contribution in [3.8, 4) is 11.5 Å². The van der Waals surface area contributed by atoms with Gasteiger partial charge in [0.15, 0.2) is 11.8 Å². The molecule has 0 saturated carbocycles. The van der Waals surface area contributed by atoms with Gasteiger partial charge in [0.25, 0.3) is 11.8 Å². The molecule has 1 atom stereocenters. The summed E-state index contributed by atoms with van der Waals surface area (Å²) in [5.74, 6) is -2.75. The Kier molecular flexibility index (Phi) is 14.8. The molecule has 0 saturated heterocycles. The van der Waals surface area contributed by atoms with Gasteiger partial charge in [0.1, 0.15) is 28.6 Å². The Morgan fingerprint density at radius 2 is 1.23 bits per heavy atom. The maximum atomic E-state index is 13.7. The van der Waals surface area contributed by atoms with Crippen molar-refractivity contribution in [2.75, 3.05) is 37.5 Å². The largest absolute Gasteiger partial charge is 0.494 e. The van der Waals surface area contributed by atoms with E-state index in [0.29, 0.717) is 52.6 Å². The minimum absolute atomic E-state index is 0.00791. The number of hydrogen-bond donors (Lipinski definition) is 6. The van der Waals surface area contributed by atoms with Crippen LogP contribution in [0.4, 0.5) is 11.9 Å². The number of oxazole rings is 2. The van der Waals surface area contributed by atoms with Crippen molar-refractivity contribution < 1.29 is 51.8 Å². The summed E-state index contributed by atoms with van der Waals surface area (Å²) in [4.78, 5) is 94.0. The highest BCUT2D eigenvalue weighted by Gasteiger charge is 2.26. The number of nitrogens with two attached hydrogens (primary N) is 3. The first-order valence-corrected chi connectivity index (χ1v) is 20.8. The summed E-state index contributed by atoms with van der Waals surface area (Å²) >= 11 is 0. The van der Waals surface area contributed by atoms with Crippen LogP contribution in [-0.4, -0.2) is 97.5 Å². The number of hydrogen-bond acceptors (Lipinski definition) is 16. The highest BCUT2D eigenvalue weighted by Crippen LogP contribution is 2.33. The number of esters is 1. The van der Waals surface area contributed by atoms with Gasteiger partial charge in [-0.05, 0) is 44.0 Å². The van der Waals surface area contributed by atoms with E-state index in [1.807, 2.05) is 13.8 Å². The van der Waals surface area contributed by atoms with Crippen molar-refractivity contribution in [3.05, 3.63) is 82.2 Å². The molecule has 348 valence electrons. The quantitative estimate of drug-likeness (QED) is 0.0343. The predicted molar refractivity (Wildman–Crippen MR) is 237 cm³/mol. The van der Waals surface area contributed by atoms with Crippen LogP contribution in [0, 0.1) is 13.8 Å². The first-order chi connectivity index (χ1) is 31.6. The van der Waals surface area contributed by atoms with Crippen molar-refractivity contribution in [2.45, 2.75) is 73.0 Å². The van der Waals surface area contributed by atoms with Crippen LogP contribution >= 0.6 is 0 Å². The highest BCUT2D eigenvalue weighted by atomic mass is 16.5. The number of aryl methyl sites for hydroxylation is 4. The predicted octanol–water partition coefficient (Wildman–Crippen LogP) is 2.85. The van der Waals surface area contributed by atoms with Gasteiger partial charge in [-0.1, -0.05) is 26.0 Å². The number of amides is 5. The second kappa shape index (κ2) is 20.6. The van der Waals surface area contributed by atoms with E-state index in [4.69, 9.17) is 40.2 Å². The smallest absolute Gasteiger partial charge is 0.328 e. The number of methoxy groups -OCH3 is 1. The van der Waals surface area contributed by atoms with Crippen molar-refractivity contribution in [1.29, 1.82) is 0 Å². The van der Waals surface area contributed by atoms with E-state index in [1.165, 1.54) is 38.3 Å². The molecule has 0 aliphatic heterocycles. The number of rotatable bonds is 21. The fourth-order valence-corrected chi connectivity index (χ4v) is 6.91. The minimum Gasteiger partial charge on any atom is -0.494 e. The van der Waals surface area contributed by atoms with E-state index < -0.39 is 41.5 Å². The normalized spacial score (nSPS) is 11.8. The minimum atomic E-state index is -0.925. The fraction of sp³-hybridized carbons (Fsp3) is 0.349. The number of imidazole rings is 2. The Morgan fingerprint density at radius 1 is 0.742 bits per heavy atom. The second-order valence-corrected chi connectivity index (χ2v) is 14.7. The molecule has 5 amide bonds. The van der Waals surface area contributed by atoms with E-state index >= 15 is 0 Å². The molecule has 6 aromatic rings. The molecule has 0 fully saturated rings. The molecule has 0 unspecified atom stereocenters. The standard InChI is InChI=1S/C43H50N12O11/c1-7-26-35(65-22(4)48-26)39(59)52-42-50-28-16-24(37(45)57)18-30(62-6)33(28)54(42)12-9-10-13-55-34-29(51-43(55)53-40(60)36-27(8-2)49-23(5)66-36)17-25(38(46)58)19-31(34)63-14-11-15-64-41(61)21(3)47-32(56)20-44/h9-10,16-19,21H,7-8,11-15,20,44H2,1-6H3,(H2,45,57)(H2,46,58)(H,47,56)(H,50,52,59)(H,51,53,60)/b10-9+/t21-/m1/s1. The summed E-state index contributed by atoms with van der Waals surface area (Å²) in [6, 6.07) is 4.91. The maximum absolute atomic E-state index is 13.7. The van der Waals surface area contributed by atoms with Crippen LogP contribution in [0.3, 0.4) is 0 Å². The van der Waals surface area contributed by atoms with Crippen LogP contribution in [0.1, 0.15) is 92.2 Å². The van der Waals surface area contributed by atoms with Crippen LogP contribution in [0.15, 0.2) is 45.3 Å². The Bertz CT molecular complexity index is 2870. The molecular weight excluding hydrogens is 861 g/mol. The van der Waals surface area contributed by atoms with Crippen LogP contribution in [-0.2, 0) is 40.3 Å². The molecule has 66 heavy (non-hydrogen) atoms. The first kappa shape index (κ1) is 47.4. The van der Waals surface area contributed by atoms with Gasteiger partial charge in [0.2, 0.25) is 41.1 Å². The van der Waals surface area contributed by atoms with E-state index in [-0.39, 0.29) is 90.8 Å². The molecule has 0 radical (unpaired) electrons. The average molecular weight is 911 g/mol. The summed E-state index contributed by atoms with van der Waals surface area (Å²) < 4.78 is 31.7. The number of nitrogens with one attached hydrogen (secondary N) is 3. The maximum Gasteiger partial charge on any atom is 0.328 e. The molecule has 9 N–H and O–H groups in total. The highest BCUT2D eigenvalue weighted by molar-refractivity contribution is 6.05. The van der Waals surface area contributed by atoms with Gasteiger partial charge in [-0.15, -0.1) is 0 Å². The topological polar surface area (TPSA) is 332 Å². The van der Waals surface area contributed by atoms with Gasteiger partial charge in [-0.25, -0.2) is 24.7 Å². The molecule has 0 aliphatic carbocycles. The lowest BCUT2D eigenvalue weighted by Crippen LogP contribution is -2.42. The third-order valence-corrected chi connectivity index (χ3v) is 9.99. The number of carbonyl (C=O) groups excluding carboxylic acids is 6. The zero-order chi connectivity index (χ0) is 47.8. The van der Waals surface area contributed by atoms with Crippen molar-refractivity contribution >= 4 is 69.5 Å². The molecule has 23 heteroatoms. The lowest BCUT2D eigenvalue weighted by Gasteiger charge is -2.14. The molecule has 6 rings (SSSR count). The molecule has 4 heterocycles. The number of carbonyl (C=O) groups is 6. The SMILES string of the molecule is CCc1nc(C)oc1C(=O)Nc1nc2cc(C(N)=O)cc(OC)c2n1C/C=C/Cn1c(NC(=O)c2oc(C)nc2CC)nc2cc(C(N)=O)cc(OCCCOC(=O)[C@@H](C)NC(=O)CN)c21. The zero-order valence-corrected chi connectivity index (χ0v) is 37.1. The van der Waals surface area contributed by atoms with Crippen molar-refractivity contribution in [3.63, 3.8) is 0 Å². The number of anilines is 2. The van der Waals surface area contributed by atoms with Crippen LogP contribution in [0.2, 0.25) is 0 Å². The van der Waals surface area contributed by atoms with Gasteiger partial charge in [0.05, 0.1) is 49.3 Å². The number of primary amides is 2. The monoisotopic (exact) mass is 910 g/mol. The number of fused-ring (bicyclic) bond motifs is 2. The van der Waals surface area contributed by atoms with Gasteiger partial charge in [-0.2, -0.15) is 0 Å². The fourth-order valence-electron chi connectivity index (χ4n) is 6.91. The van der Waals surface area contributed by atoms with Gasteiger partial charge < -0.3 is 54.7 Å². The van der Waals surface area contributed by atoms with Crippen LogP contribution in [0.5, 0.6) is 11.5 Å². The molecule has 4 aromatic heterocycles. The first-order valence-electron chi connectivity index (χ1n) is 20.8. The van der Waals surface area contributed by atoms with Crippen LogP contribution in [0.25, 0.3) is 22.1 Å². The Balaban J connectivity index is 1.36. The lowest BCUT2D eigenvalue weighted by atomic mass is 10.1. The molecule has 0 spiro atoms. The number of allylic oxidation sites excluding steroid dienone is 2. The number of benzene rings is 2. The molecule has 2 aromatic carbocycles. The molecular formula is C43H50N12O11. The average Bonchev–Trinajstić information content (AvgIpc) is 4.06.